The van der Waals surface area contributed by atoms with Crippen molar-refractivity contribution in [2.75, 3.05) is 13.7 Å². The third-order valence-electron chi connectivity index (χ3n) is 3.80. The molecule has 0 aliphatic rings. The number of hydrogen-bond donors (Lipinski definition) is 1. The first-order valence-electron chi connectivity index (χ1n) is 10.1. The van der Waals surface area contributed by atoms with Crippen LogP contribution in [0.2, 0.25) is 0 Å². The molecule has 0 saturated carbocycles. The summed E-state index contributed by atoms with van der Waals surface area (Å²) in [6.07, 6.45) is 8.83. The minimum absolute atomic E-state index is 0.253. The normalized spacial score (nSPS) is 11.8. The summed E-state index contributed by atoms with van der Waals surface area (Å²) in [7, 11) is 1.31. The SMILES string of the molecule is C=CC(=O)OC.CC(C)COC(C)Oc1ccc(C=CC=Cc2ccc(O)cc2)cc1. The zero-order chi connectivity index (χ0) is 23.1. The second kappa shape index (κ2) is 14.6. The van der Waals surface area contributed by atoms with Gasteiger partial charge < -0.3 is 19.3 Å². The Bertz CT molecular complexity index is 833. The highest BCUT2D eigenvalue weighted by Crippen LogP contribution is 2.16. The highest BCUT2D eigenvalue weighted by atomic mass is 16.7. The molecule has 2 rings (SSSR count). The number of ether oxygens (including phenoxy) is 3. The van der Waals surface area contributed by atoms with Gasteiger partial charge in [-0.25, -0.2) is 4.79 Å². The second-order valence-corrected chi connectivity index (χ2v) is 7.02. The van der Waals surface area contributed by atoms with Gasteiger partial charge in [0.1, 0.15) is 11.5 Å². The molecule has 1 N–H and O–H groups in total. The van der Waals surface area contributed by atoms with Gasteiger partial charge in [-0.1, -0.05) is 69.0 Å². The molecule has 0 radical (unpaired) electrons. The number of carbonyl (C=O) groups excluding carboxylic acids is 1. The van der Waals surface area contributed by atoms with Gasteiger partial charge in [0.25, 0.3) is 0 Å². The monoisotopic (exact) mass is 424 g/mol. The van der Waals surface area contributed by atoms with Gasteiger partial charge in [0, 0.05) is 6.08 Å². The molecule has 2 aromatic rings. The Morgan fingerprint density at radius 2 is 1.48 bits per heavy atom. The maximum absolute atomic E-state index is 9.84. The van der Waals surface area contributed by atoms with Crippen LogP contribution in [0.1, 0.15) is 31.9 Å². The summed E-state index contributed by atoms with van der Waals surface area (Å²) >= 11 is 0. The van der Waals surface area contributed by atoms with E-state index in [2.05, 4.69) is 25.2 Å². The van der Waals surface area contributed by atoms with Crippen LogP contribution in [0.25, 0.3) is 12.2 Å². The maximum atomic E-state index is 9.84. The van der Waals surface area contributed by atoms with E-state index in [0.717, 1.165) is 23.0 Å². The molecule has 0 amide bonds. The van der Waals surface area contributed by atoms with Gasteiger partial charge in [-0.05, 0) is 48.2 Å². The van der Waals surface area contributed by atoms with E-state index in [0.29, 0.717) is 12.5 Å². The largest absolute Gasteiger partial charge is 0.508 e. The average Bonchev–Trinajstić information content (AvgIpc) is 2.77. The first-order chi connectivity index (χ1) is 14.8. The van der Waals surface area contributed by atoms with Crippen LogP contribution in [0.3, 0.4) is 0 Å². The van der Waals surface area contributed by atoms with Gasteiger partial charge in [-0.15, -0.1) is 0 Å². The van der Waals surface area contributed by atoms with Gasteiger partial charge >= 0.3 is 5.97 Å². The molecule has 2 aromatic carbocycles. The lowest BCUT2D eigenvalue weighted by molar-refractivity contribution is -0.134. The van der Waals surface area contributed by atoms with E-state index < -0.39 is 5.97 Å². The summed E-state index contributed by atoms with van der Waals surface area (Å²) in [4.78, 5) is 9.84. The van der Waals surface area contributed by atoms with Crippen molar-refractivity contribution >= 4 is 18.1 Å². The molecule has 5 nitrogen and oxygen atoms in total. The standard InChI is InChI=1S/C22H26O3.C4H6O2/c1-17(2)16-24-18(3)25-22-14-10-20(11-15-22)7-5-4-6-19-8-12-21(23)13-9-19;1-3-4(5)6-2/h4-15,17-18,23H,16H2,1-3H3;3H,1H2,2H3. The molecule has 1 atom stereocenters. The zero-order valence-corrected chi connectivity index (χ0v) is 18.7. The molecule has 166 valence electrons. The Balaban J connectivity index is 0.000000703. The van der Waals surface area contributed by atoms with Gasteiger partial charge in [0.2, 0.25) is 0 Å². The smallest absolute Gasteiger partial charge is 0.329 e. The minimum atomic E-state index is -0.394. The van der Waals surface area contributed by atoms with Crippen LogP contribution in [-0.2, 0) is 14.3 Å². The predicted molar refractivity (Wildman–Crippen MR) is 126 cm³/mol. The topological polar surface area (TPSA) is 65.0 Å². The highest BCUT2D eigenvalue weighted by Gasteiger charge is 2.05. The number of hydrogen-bond acceptors (Lipinski definition) is 5. The van der Waals surface area contributed by atoms with Gasteiger partial charge in [-0.2, -0.15) is 0 Å². The van der Waals surface area contributed by atoms with Crippen LogP contribution in [-0.4, -0.2) is 31.1 Å². The van der Waals surface area contributed by atoms with Crippen molar-refractivity contribution < 1.29 is 24.1 Å². The summed E-state index contributed by atoms with van der Waals surface area (Å²) in [6, 6.07) is 15.0. The van der Waals surface area contributed by atoms with Crippen molar-refractivity contribution in [2.45, 2.75) is 27.1 Å². The van der Waals surface area contributed by atoms with Crippen LogP contribution in [0.15, 0.2) is 73.3 Å². The fourth-order valence-electron chi connectivity index (χ4n) is 2.21. The van der Waals surface area contributed by atoms with Crippen molar-refractivity contribution in [1.29, 1.82) is 0 Å². The molecule has 0 spiro atoms. The van der Waals surface area contributed by atoms with E-state index in [-0.39, 0.29) is 12.0 Å². The Kier molecular flexibility index (Phi) is 12.1. The Hall–Kier alpha value is -3.31. The van der Waals surface area contributed by atoms with Crippen LogP contribution in [0, 0.1) is 5.92 Å². The van der Waals surface area contributed by atoms with Crippen molar-refractivity contribution in [3.05, 3.63) is 84.5 Å². The van der Waals surface area contributed by atoms with Crippen molar-refractivity contribution in [3.63, 3.8) is 0 Å². The van der Waals surface area contributed by atoms with E-state index in [1.54, 1.807) is 12.1 Å². The lowest BCUT2D eigenvalue weighted by Gasteiger charge is -2.16. The zero-order valence-electron chi connectivity index (χ0n) is 18.7. The lowest BCUT2D eigenvalue weighted by Crippen LogP contribution is -2.18. The molecule has 0 saturated heterocycles. The third kappa shape index (κ3) is 12.1. The number of phenols is 1. The van der Waals surface area contributed by atoms with Crippen molar-refractivity contribution in [2.24, 2.45) is 5.92 Å². The molecular weight excluding hydrogens is 392 g/mol. The number of benzene rings is 2. The fraction of sp³-hybridized carbons (Fsp3) is 0.269. The predicted octanol–water partition coefficient (Wildman–Crippen LogP) is 5.86. The summed E-state index contributed by atoms with van der Waals surface area (Å²) in [5, 5.41) is 9.25. The van der Waals surface area contributed by atoms with Gasteiger partial charge in [0.05, 0.1) is 13.7 Å². The second-order valence-electron chi connectivity index (χ2n) is 7.02. The molecule has 5 heteroatoms. The van der Waals surface area contributed by atoms with Crippen molar-refractivity contribution in [3.8, 4) is 11.5 Å². The molecule has 0 heterocycles. The van der Waals surface area contributed by atoms with Gasteiger partial charge in [0.15, 0.2) is 6.29 Å². The van der Waals surface area contributed by atoms with E-state index >= 15 is 0 Å². The third-order valence-corrected chi connectivity index (χ3v) is 3.80. The molecule has 0 aromatic heterocycles. The summed E-state index contributed by atoms with van der Waals surface area (Å²) in [6.45, 7) is 9.98. The van der Waals surface area contributed by atoms with E-state index in [1.165, 1.54) is 7.11 Å². The van der Waals surface area contributed by atoms with Crippen LogP contribution in [0.5, 0.6) is 11.5 Å². The van der Waals surface area contributed by atoms with Crippen LogP contribution in [0.4, 0.5) is 0 Å². The van der Waals surface area contributed by atoms with Crippen LogP contribution < -0.4 is 4.74 Å². The van der Waals surface area contributed by atoms with Crippen molar-refractivity contribution in [1.82, 2.24) is 0 Å². The molecule has 0 aliphatic carbocycles. The Morgan fingerprint density at radius 3 is 1.90 bits per heavy atom. The molecule has 0 bridgehead atoms. The molecule has 1 unspecified atom stereocenters. The molecule has 0 fully saturated rings. The number of methoxy groups -OCH3 is 1. The molecule has 31 heavy (non-hydrogen) atoms. The highest BCUT2D eigenvalue weighted by molar-refractivity contribution is 5.80. The molecule has 0 aliphatic heterocycles. The lowest BCUT2D eigenvalue weighted by atomic mass is 10.2. The summed E-state index contributed by atoms with van der Waals surface area (Å²) < 4.78 is 15.5. The fourth-order valence-corrected chi connectivity index (χ4v) is 2.21. The minimum Gasteiger partial charge on any atom is -0.508 e. The summed E-state index contributed by atoms with van der Waals surface area (Å²) in [5.41, 5.74) is 2.14. The molecular formula is C26H32O5. The number of carbonyl (C=O) groups is 1. The summed E-state index contributed by atoms with van der Waals surface area (Å²) in [5.74, 6) is 1.18. The van der Waals surface area contributed by atoms with E-state index in [1.807, 2.05) is 67.6 Å². The number of esters is 1. The number of phenolic OH excluding ortho intramolecular Hbond substituents is 1. The van der Waals surface area contributed by atoms with E-state index in [9.17, 15) is 9.90 Å². The van der Waals surface area contributed by atoms with E-state index in [4.69, 9.17) is 9.47 Å². The number of allylic oxidation sites excluding steroid dienone is 2. The first kappa shape index (κ1) is 25.7. The number of rotatable bonds is 9. The number of aromatic hydroxyl groups is 1. The first-order valence-corrected chi connectivity index (χ1v) is 10.1. The Morgan fingerprint density at radius 1 is 0.968 bits per heavy atom. The van der Waals surface area contributed by atoms with Gasteiger partial charge in [-0.3, -0.25) is 0 Å². The quantitative estimate of drug-likeness (QED) is 0.236. The Labute approximate surface area is 185 Å². The maximum Gasteiger partial charge on any atom is 0.329 e. The van der Waals surface area contributed by atoms with Crippen LogP contribution >= 0.6 is 0 Å². The average molecular weight is 425 g/mol.